The molecule has 2 aromatic heterocycles. The Hall–Kier alpha value is -3.74. The fourth-order valence-electron chi connectivity index (χ4n) is 3.99. The van der Waals surface area contributed by atoms with Crippen LogP contribution in [0.15, 0.2) is 65.7 Å². The Morgan fingerprint density at radius 1 is 1.12 bits per heavy atom. The molecular formula is C25H25N5O2. The third-order valence-electron chi connectivity index (χ3n) is 5.88. The van der Waals surface area contributed by atoms with Crippen LogP contribution in [0.2, 0.25) is 0 Å². The highest BCUT2D eigenvalue weighted by atomic mass is 16.1. The Kier molecular flexibility index (Phi) is 5.31. The van der Waals surface area contributed by atoms with Crippen molar-refractivity contribution in [1.29, 1.82) is 0 Å². The average Bonchev–Trinajstić information content (AvgIpc) is 3.55. The lowest BCUT2D eigenvalue weighted by Gasteiger charge is -2.13. The van der Waals surface area contributed by atoms with Gasteiger partial charge in [-0.1, -0.05) is 24.3 Å². The van der Waals surface area contributed by atoms with Crippen LogP contribution in [0.3, 0.4) is 0 Å². The molecule has 0 radical (unpaired) electrons. The van der Waals surface area contributed by atoms with Gasteiger partial charge in [0.25, 0.3) is 5.56 Å². The number of hydrogen-bond donors (Lipinski definition) is 1. The van der Waals surface area contributed by atoms with Crippen molar-refractivity contribution in [1.82, 2.24) is 19.1 Å². The van der Waals surface area contributed by atoms with Gasteiger partial charge in [0.05, 0.1) is 10.9 Å². The molecule has 0 spiro atoms. The summed E-state index contributed by atoms with van der Waals surface area (Å²) in [6, 6.07) is 15.4. The first-order valence-corrected chi connectivity index (χ1v) is 10.9. The van der Waals surface area contributed by atoms with Gasteiger partial charge in [0.1, 0.15) is 11.6 Å². The molecule has 2 heterocycles. The quantitative estimate of drug-likeness (QED) is 0.486. The van der Waals surface area contributed by atoms with E-state index in [0.717, 1.165) is 36.5 Å². The third-order valence-corrected chi connectivity index (χ3v) is 5.88. The molecular weight excluding hydrogens is 402 g/mol. The lowest BCUT2D eigenvalue weighted by molar-refractivity contribution is -0.116. The molecule has 2 aromatic carbocycles. The van der Waals surface area contributed by atoms with E-state index in [0.29, 0.717) is 23.1 Å². The largest absolute Gasteiger partial charge is 0.331 e. The standard InChI is InChI=1S/C25H25N5O2/c1-17-26-14-15-29(17)16-18-6-8-19(9-7-18)27-24(31)13-12-23-28-22-5-3-2-4-21(22)25(32)30(23)20-10-11-20/h2-9,14-15,20H,10-13,16H2,1H3,(H,27,31). The Morgan fingerprint density at radius 3 is 2.62 bits per heavy atom. The number of rotatable bonds is 7. The van der Waals surface area contributed by atoms with Gasteiger partial charge in [0, 0.05) is 43.5 Å². The molecule has 7 nitrogen and oxygen atoms in total. The number of aromatic nitrogens is 4. The third kappa shape index (κ3) is 4.19. The van der Waals surface area contributed by atoms with Crippen LogP contribution < -0.4 is 10.9 Å². The summed E-state index contributed by atoms with van der Waals surface area (Å²) in [4.78, 5) is 34.5. The second-order valence-electron chi connectivity index (χ2n) is 8.30. The van der Waals surface area contributed by atoms with Crippen molar-refractivity contribution in [2.75, 3.05) is 5.32 Å². The second kappa shape index (κ2) is 8.42. The number of anilines is 1. The van der Waals surface area contributed by atoms with Crippen molar-refractivity contribution in [3.05, 3.63) is 88.5 Å². The van der Waals surface area contributed by atoms with E-state index in [-0.39, 0.29) is 23.9 Å². The highest BCUT2D eigenvalue weighted by Gasteiger charge is 2.28. The Balaban J connectivity index is 1.25. The van der Waals surface area contributed by atoms with Gasteiger partial charge in [-0.05, 0) is 49.6 Å². The number of amides is 1. The fraction of sp³-hybridized carbons (Fsp3) is 0.280. The minimum absolute atomic E-state index is 0.00257. The number of carbonyl (C=O) groups excluding carboxylic acids is 1. The van der Waals surface area contributed by atoms with Gasteiger partial charge in [-0.3, -0.25) is 14.2 Å². The average molecular weight is 428 g/mol. The number of fused-ring (bicyclic) bond motifs is 1. The molecule has 0 aliphatic heterocycles. The summed E-state index contributed by atoms with van der Waals surface area (Å²) in [5, 5.41) is 3.59. The van der Waals surface area contributed by atoms with Crippen LogP contribution in [0.25, 0.3) is 10.9 Å². The molecule has 1 saturated carbocycles. The van der Waals surface area contributed by atoms with E-state index in [1.54, 1.807) is 10.8 Å². The molecule has 32 heavy (non-hydrogen) atoms. The van der Waals surface area contributed by atoms with Crippen molar-refractivity contribution >= 4 is 22.5 Å². The van der Waals surface area contributed by atoms with Gasteiger partial charge >= 0.3 is 0 Å². The summed E-state index contributed by atoms with van der Waals surface area (Å²) in [6.07, 6.45) is 6.42. The number of benzene rings is 2. The van der Waals surface area contributed by atoms with E-state index >= 15 is 0 Å². The predicted octanol–water partition coefficient (Wildman–Crippen LogP) is 3.86. The number of nitrogens with one attached hydrogen (secondary N) is 1. The van der Waals surface area contributed by atoms with E-state index < -0.39 is 0 Å². The van der Waals surface area contributed by atoms with Crippen molar-refractivity contribution < 1.29 is 4.79 Å². The Bertz CT molecular complexity index is 1330. The first-order valence-electron chi connectivity index (χ1n) is 10.9. The molecule has 0 unspecified atom stereocenters. The Morgan fingerprint density at radius 2 is 1.91 bits per heavy atom. The van der Waals surface area contributed by atoms with Gasteiger partial charge in [-0.15, -0.1) is 0 Å². The van der Waals surface area contributed by atoms with Crippen molar-refractivity contribution in [3.63, 3.8) is 0 Å². The molecule has 162 valence electrons. The minimum Gasteiger partial charge on any atom is -0.331 e. The van der Waals surface area contributed by atoms with Crippen molar-refractivity contribution in [2.45, 2.75) is 45.2 Å². The highest BCUT2D eigenvalue weighted by Crippen LogP contribution is 2.34. The van der Waals surface area contributed by atoms with Gasteiger partial charge < -0.3 is 9.88 Å². The van der Waals surface area contributed by atoms with E-state index in [9.17, 15) is 9.59 Å². The second-order valence-corrected chi connectivity index (χ2v) is 8.30. The SMILES string of the molecule is Cc1nccn1Cc1ccc(NC(=O)CCc2nc3ccccc3c(=O)n2C2CC2)cc1. The number of hydrogen-bond acceptors (Lipinski definition) is 4. The number of nitrogens with zero attached hydrogens (tertiary/aromatic N) is 4. The molecule has 5 rings (SSSR count). The number of aryl methyl sites for hydroxylation is 2. The van der Waals surface area contributed by atoms with Crippen LogP contribution >= 0.6 is 0 Å². The molecule has 0 bridgehead atoms. The van der Waals surface area contributed by atoms with Crippen LogP contribution in [0, 0.1) is 6.92 Å². The van der Waals surface area contributed by atoms with Crippen LogP contribution in [0.4, 0.5) is 5.69 Å². The molecule has 1 fully saturated rings. The lowest BCUT2D eigenvalue weighted by Crippen LogP contribution is -2.25. The van der Waals surface area contributed by atoms with Gasteiger partial charge in [0.2, 0.25) is 5.91 Å². The predicted molar refractivity (Wildman–Crippen MR) is 124 cm³/mol. The van der Waals surface area contributed by atoms with Crippen LogP contribution in [0.1, 0.15) is 42.5 Å². The van der Waals surface area contributed by atoms with E-state index in [4.69, 9.17) is 4.98 Å². The zero-order valence-corrected chi connectivity index (χ0v) is 18.0. The summed E-state index contributed by atoms with van der Waals surface area (Å²) < 4.78 is 3.87. The van der Waals surface area contributed by atoms with E-state index in [1.807, 2.05) is 61.7 Å². The highest BCUT2D eigenvalue weighted by molar-refractivity contribution is 5.90. The van der Waals surface area contributed by atoms with Gasteiger partial charge in [0.15, 0.2) is 0 Å². The van der Waals surface area contributed by atoms with Crippen LogP contribution in [-0.2, 0) is 17.8 Å². The monoisotopic (exact) mass is 427 g/mol. The van der Waals surface area contributed by atoms with Crippen LogP contribution in [-0.4, -0.2) is 25.0 Å². The zero-order chi connectivity index (χ0) is 22.1. The van der Waals surface area contributed by atoms with Gasteiger partial charge in [-0.2, -0.15) is 0 Å². The molecule has 1 amide bonds. The molecule has 7 heteroatoms. The summed E-state index contributed by atoms with van der Waals surface area (Å²) >= 11 is 0. The first-order chi connectivity index (χ1) is 15.6. The van der Waals surface area contributed by atoms with Crippen LogP contribution in [0.5, 0.6) is 0 Å². The Labute approximate surface area is 185 Å². The number of imidazole rings is 1. The topological polar surface area (TPSA) is 81.8 Å². The molecule has 4 aromatic rings. The maximum Gasteiger partial charge on any atom is 0.261 e. The summed E-state index contributed by atoms with van der Waals surface area (Å²) in [6.45, 7) is 2.72. The summed E-state index contributed by atoms with van der Waals surface area (Å²) in [7, 11) is 0. The molecule has 0 saturated heterocycles. The lowest BCUT2D eigenvalue weighted by atomic mass is 10.2. The normalized spacial score (nSPS) is 13.4. The van der Waals surface area contributed by atoms with Crippen molar-refractivity contribution in [3.8, 4) is 0 Å². The van der Waals surface area contributed by atoms with E-state index in [2.05, 4.69) is 14.9 Å². The fourth-order valence-corrected chi connectivity index (χ4v) is 3.99. The summed E-state index contributed by atoms with van der Waals surface area (Å²) in [5.41, 5.74) is 2.58. The molecule has 1 N–H and O–H groups in total. The number of carbonyl (C=O) groups is 1. The molecule has 1 aliphatic rings. The minimum atomic E-state index is -0.0899. The first kappa shape index (κ1) is 20.2. The van der Waals surface area contributed by atoms with Crippen molar-refractivity contribution in [2.24, 2.45) is 0 Å². The number of para-hydroxylation sites is 1. The molecule has 0 atom stereocenters. The summed E-state index contributed by atoms with van der Waals surface area (Å²) in [5.74, 6) is 1.57. The molecule has 1 aliphatic carbocycles. The smallest absolute Gasteiger partial charge is 0.261 e. The maximum atomic E-state index is 12.9. The maximum absolute atomic E-state index is 12.9. The van der Waals surface area contributed by atoms with E-state index in [1.165, 1.54) is 0 Å². The van der Waals surface area contributed by atoms with Gasteiger partial charge in [-0.25, -0.2) is 9.97 Å². The zero-order valence-electron chi connectivity index (χ0n) is 18.0.